The number of ether oxygens (including phenoxy) is 2. The van der Waals surface area contributed by atoms with Crippen LogP contribution < -0.4 is 9.47 Å². The minimum atomic E-state index is -0.437. The van der Waals surface area contributed by atoms with Gasteiger partial charge < -0.3 is 13.9 Å². The number of nitrogens with zero attached hydrogens (tertiary/aromatic N) is 2. The smallest absolute Gasteiger partial charge is 0.343 e. The van der Waals surface area contributed by atoms with Crippen LogP contribution in [0.15, 0.2) is 97.3 Å². The maximum absolute atomic E-state index is 12.5. The molecule has 3 heterocycles. The molecular formula is C28H20Br2N2O4. The molecule has 3 aromatic carbocycles. The Morgan fingerprint density at radius 2 is 1.72 bits per heavy atom. The summed E-state index contributed by atoms with van der Waals surface area (Å²) in [6, 6.07) is 24.4. The number of hydrogen-bond acceptors (Lipinski definition) is 6. The van der Waals surface area contributed by atoms with Crippen LogP contribution in [-0.2, 0) is 0 Å². The Labute approximate surface area is 224 Å². The topological polar surface area (TPSA) is 64.3 Å². The molecule has 36 heavy (non-hydrogen) atoms. The predicted octanol–water partition coefficient (Wildman–Crippen LogP) is 7.57. The molecule has 180 valence electrons. The van der Waals surface area contributed by atoms with Gasteiger partial charge in [-0.05, 0) is 85.8 Å². The van der Waals surface area contributed by atoms with E-state index in [1.807, 2.05) is 60.5 Å². The number of aryl methyl sites for hydroxylation is 1. The number of carbonyl (C=O) groups is 1. The fourth-order valence-electron chi connectivity index (χ4n) is 4.47. The molecule has 0 spiro atoms. The molecular weight excluding hydrogens is 588 g/mol. The number of carbonyl (C=O) groups excluding carboxylic acids is 1. The van der Waals surface area contributed by atoms with E-state index >= 15 is 0 Å². The van der Waals surface area contributed by atoms with Crippen LogP contribution in [0.5, 0.6) is 11.5 Å². The fourth-order valence-corrected chi connectivity index (χ4v) is 5.11. The third-order valence-corrected chi connectivity index (χ3v) is 7.25. The summed E-state index contributed by atoms with van der Waals surface area (Å²) in [5, 5.41) is 6.92. The van der Waals surface area contributed by atoms with Crippen LogP contribution in [0.2, 0.25) is 0 Å². The molecule has 0 fully saturated rings. The zero-order chi connectivity index (χ0) is 24.8. The largest absolute Gasteiger partial charge is 0.464 e. The van der Waals surface area contributed by atoms with Crippen LogP contribution in [0.3, 0.4) is 0 Å². The van der Waals surface area contributed by atoms with E-state index in [0.29, 0.717) is 17.7 Å². The summed E-state index contributed by atoms with van der Waals surface area (Å²) in [4.78, 5) is 12.5. The molecule has 0 aliphatic carbocycles. The highest BCUT2D eigenvalue weighted by Crippen LogP contribution is 2.48. The average Bonchev–Trinajstić information content (AvgIpc) is 3.51. The van der Waals surface area contributed by atoms with Crippen LogP contribution in [0.25, 0.3) is 0 Å². The maximum Gasteiger partial charge on any atom is 0.343 e. The Hall–Kier alpha value is -3.36. The molecule has 2 aliphatic heterocycles. The summed E-state index contributed by atoms with van der Waals surface area (Å²) >= 11 is 6.96. The van der Waals surface area contributed by atoms with Gasteiger partial charge in [-0.15, -0.1) is 0 Å². The van der Waals surface area contributed by atoms with Crippen molar-refractivity contribution < 1.29 is 18.7 Å². The Bertz CT molecular complexity index is 1480. The highest BCUT2D eigenvalue weighted by molar-refractivity contribution is 9.10. The molecule has 0 saturated carbocycles. The van der Waals surface area contributed by atoms with Crippen LogP contribution in [-0.4, -0.2) is 16.7 Å². The van der Waals surface area contributed by atoms with E-state index in [4.69, 9.17) is 19.0 Å². The van der Waals surface area contributed by atoms with Crippen molar-refractivity contribution in [2.24, 2.45) is 5.10 Å². The number of benzene rings is 3. The summed E-state index contributed by atoms with van der Waals surface area (Å²) < 4.78 is 19.7. The van der Waals surface area contributed by atoms with Crippen molar-refractivity contribution in [3.63, 3.8) is 0 Å². The Kier molecular flexibility index (Phi) is 5.93. The second-order valence-electron chi connectivity index (χ2n) is 8.67. The molecule has 0 amide bonds. The molecule has 6 nitrogen and oxygen atoms in total. The van der Waals surface area contributed by atoms with E-state index in [2.05, 4.69) is 37.9 Å². The van der Waals surface area contributed by atoms with Crippen molar-refractivity contribution in [3.8, 4) is 11.5 Å². The second kappa shape index (κ2) is 9.26. The number of furan rings is 1. The van der Waals surface area contributed by atoms with Gasteiger partial charge >= 0.3 is 5.97 Å². The van der Waals surface area contributed by atoms with E-state index in [-0.39, 0.29) is 6.04 Å². The first kappa shape index (κ1) is 23.1. The minimum Gasteiger partial charge on any atom is -0.464 e. The van der Waals surface area contributed by atoms with Gasteiger partial charge in [0.1, 0.15) is 28.7 Å². The molecule has 8 heteroatoms. The molecule has 4 aromatic rings. The zero-order valence-corrected chi connectivity index (χ0v) is 22.3. The van der Waals surface area contributed by atoms with Crippen molar-refractivity contribution >= 4 is 43.5 Å². The first-order valence-electron chi connectivity index (χ1n) is 11.4. The molecule has 2 atom stereocenters. The van der Waals surface area contributed by atoms with Gasteiger partial charge in [0, 0.05) is 26.5 Å². The normalized spacial score (nSPS) is 18.2. The quantitative estimate of drug-likeness (QED) is 0.177. The standard InChI is InChI=1S/C28H20Br2N2O4/c1-16-2-12-26(34-16)23-15-24-22-14-20(30)9-13-25(22)36-27(32(24)31-23)17-5-10-21(11-6-17)35-28(33)18-3-7-19(29)8-4-18/h2-14,24,27H,15H2,1H3/t24-,27+/m0/s1. The molecule has 0 N–H and O–H groups in total. The van der Waals surface area contributed by atoms with E-state index in [9.17, 15) is 4.79 Å². The lowest BCUT2D eigenvalue weighted by Gasteiger charge is -2.38. The lowest BCUT2D eigenvalue weighted by Crippen LogP contribution is -2.33. The Balaban J connectivity index is 1.29. The lowest BCUT2D eigenvalue weighted by atomic mass is 9.97. The van der Waals surface area contributed by atoms with Crippen LogP contribution in [0.4, 0.5) is 0 Å². The van der Waals surface area contributed by atoms with Crippen molar-refractivity contribution in [3.05, 3.63) is 116 Å². The van der Waals surface area contributed by atoms with Crippen molar-refractivity contribution in [2.75, 3.05) is 0 Å². The van der Waals surface area contributed by atoms with Gasteiger partial charge in [0.15, 0.2) is 0 Å². The number of hydrazone groups is 1. The Morgan fingerprint density at radius 1 is 0.972 bits per heavy atom. The summed E-state index contributed by atoms with van der Waals surface area (Å²) in [6.07, 6.45) is 0.271. The summed E-state index contributed by atoms with van der Waals surface area (Å²) in [5.41, 5.74) is 3.34. The van der Waals surface area contributed by atoms with Crippen LogP contribution in [0, 0.1) is 6.92 Å². The van der Waals surface area contributed by atoms with Crippen molar-refractivity contribution in [1.82, 2.24) is 5.01 Å². The first-order chi connectivity index (χ1) is 17.4. The number of fused-ring (bicyclic) bond motifs is 3. The molecule has 0 bridgehead atoms. The van der Waals surface area contributed by atoms with Crippen LogP contribution >= 0.6 is 31.9 Å². The predicted molar refractivity (Wildman–Crippen MR) is 142 cm³/mol. The van der Waals surface area contributed by atoms with E-state index in [0.717, 1.165) is 43.1 Å². The highest BCUT2D eigenvalue weighted by Gasteiger charge is 2.41. The highest BCUT2D eigenvalue weighted by atomic mass is 79.9. The number of rotatable bonds is 4. The lowest BCUT2D eigenvalue weighted by molar-refractivity contribution is -0.0191. The molecule has 0 saturated heterocycles. The molecule has 0 radical (unpaired) electrons. The van der Waals surface area contributed by atoms with Crippen molar-refractivity contribution in [2.45, 2.75) is 25.6 Å². The fraction of sp³-hybridized carbons (Fsp3) is 0.143. The summed E-state index contributed by atoms with van der Waals surface area (Å²) in [5.74, 6) is 2.49. The van der Waals surface area contributed by atoms with Gasteiger partial charge in [-0.3, -0.25) is 0 Å². The first-order valence-corrected chi connectivity index (χ1v) is 13.0. The van der Waals surface area contributed by atoms with Crippen molar-refractivity contribution in [1.29, 1.82) is 0 Å². The van der Waals surface area contributed by atoms with E-state index < -0.39 is 12.2 Å². The van der Waals surface area contributed by atoms with Gasteiger partial charge in [0.2, 0.25) is 6.23 Å². The number of esters is 1. The van der Waals surface area contributed by atoms with Gasteiger partial charge in [-0.1, -0.05) is 31.9 Å². The number of hydrogen-bond donors (Lipinski definition) is 0. The summed E-state index contributed by atoms with van der Waals surface area (Å²) in [7, 11) is 0. The number of halogens is 2. The molecule has 0 unspecified atom stereocenters. The third-order valence-electron chi connectivity index (χ3n) is 6.23. The Morgan fingerprint density at radius 3 is 2.44 bits per heavy atom. The second-order valence-corrected chi connectivity index (χ2v) is 10.5. The molecule has 1 aromatic heterocycles. The van der Waals surface area contributed by atoms with Crippen LogP contribution in [0.1, 0.15) is 51.7 Å². The molecule has 2 aliphatic rings. The van der Waals surface area contributed by atoms with Gasteiger partial charge in [0.05, 0.1) is 11.6 Å². The SMILES string of the molecule is Cc1ccc(C2=NN3[C@@H](c4ccc(OC(=O)c5ccc(Br)cc5)cc4)Oc4ccc(Br)cc4[C@@H]3C2)o1. The average molecular weight is 608 g/mol. The third kappa shape index (κ3) is 4.35. The van der Waals surface area contributed by atoms with E-state index in [1.54, 1.807) is 24.3 Å². The monoisotopic (exact) mass is 606 g/mol. The maximum atomic E-state index is 12.5. The zero-order valence-electron chi connectivity index (χ0n) is 19.2. The van der Waals surface area contributed by atoms with E-state index in [1.165, 1.54) is 0 Å². The van der Waals surface area contributed by atoms with Gasteiger partial charge in [-0.25, -0.2) is 9.80 Å². The minimum absolute atomic E-state index is 0.00608. The summed E-state index contributed by atoms with van der Waals surface area (Å²) in [6.45, 7) is 1.93. The molecule has 6 rings (SSSR count). The van der Waals surface area contributed by atoms with Gasteiger partial charge in [-0.2, -0.15) is 5.10 Å². The van der Waals surface area contributed by atoms with Gasteiger partial charge in [0.25, 0.3) is 0 Å².